The zero-order valence-electron chi connectivity index (χ0n) is 10.6. The fourth-order valence-corrected chi connectivity index (χ4v) is 7.43. The molecule has 16 heavy (non-hydrogen) atoms. The first-order valence-corrected chi connectivity index (χ1v) is 9.06. The summed E-state index contributed by atoms with van der Waals surface area (Å²) in [5.74, 6) is 0. The van der Waals surface area contributed by atoms with Crippen LogP contribution in [0.5, 0.6) is 0 Å². The van der Waals surface area contributed by atoms with Crippen molar-refractivity contribution in [2.45, 2.75) is 57.3 Å². The Labute approximate surface area is 99.2 Å². The molecule has 0 aromatic rings. The van der Waals surface area contributed by atoms with E-state index in [-0.39, 0.29) is 11.7 Å². The predicted octanol–water partition coefficient (Wildman–Crippen LogP) is 3.18. The van der Waals surface area contributed by atoms with Gasteiger partial charge in [0.25, 0.3) is 0 Å². The molecule has 1 amide bonds. The Balaban J connectivity index is 1.91. The van der Waals surface area contributed by atoms with Gasteiger partial charge in [-0.25, -0.2) is 4.79 Å². The summed E-state index contributed by atoms with van der Waals surface area (Å²) >= 11 is 0. The summed E-state index contributed by atoms with van der Waals surface area (Å²) in [5, 5.41) is 0. The number of hydrogen-bond acceptors (Lipinski definition) is 2. The Morgan fingerprint density at radius 3 is 2.50 bits per heavy atom. The Kier molecular flexibility index (Phi) is 3.03. The predicted molar refractivity (Wildman–Crippen MR) is 66.6 cm³/mol. The zero-order valence-corrected chi connectivity index (χ0v) is 11.6. The van der Waals surface area contributed by atoms with Crippen LogP contribution in [0.4, 0.5) is 4.79 Å². The highest BCUT2D eigenvalue weighted by atomic mass is 28.3. The Bertz CT molecular complexity index is 279. The average Bonchev–Trinajstić information content (AvgIpc) is 2.74. The van der Waals surface area contributed by atoms with Crippen molar-refractivity contribution in [3.8, 4) is 0 Å². The third-order valence-corrected chi connectivity index (χ3v) is 8.43. The van der Waals surface area contributed by atoms with Gasteiger partial charge in [-0.2, -0.15) is 0 Å². The third kappa shape index (κ3) is 2.59. The van der Waals surface area contributed by atoms with Gasteiger partial charge in [-0.05, 0) is 26.8 Å². The molecule has 1 radical (unpaired) electrons. The van der Waals surface area contributed by atoms with E-state index in [4.69, 9.17) is 4.74 Å². The average molecular weight is 240 g/mol. The Morgan fingerprint density at radius 1 is 1.31 bits per heavy atom. The van der Waals surface area contributed by atoms with Gasteiger partial charge in [0.15, 0.2) is 0 Å². The fourth-order valence-electron chi connectivity index (χ4n) is 2.74. The number of hydrogen-bond donors (Lipinski definition) is 0. The van der Waals surface area contributed by atoms with Gasteiger partial charge in [0.05, 0.1) is 14.6 Å². The molecule has 2 saturated heterocycles. The molecule has 2 aliphatic rings. The van der Waals surface area contributed by atoms with Crippen molar-refractivity contribution in [3.63, 3.8) is 0 Å². The highest BCUT2D eigenvalue weighted by molar-refractivity contribution is 6.81. The van der Waals surface area contributed by atoms with Crippen molar-refractivity contribution < 1.29 is 9.53 Å². The maximum Gasteiger partial charge on any atom is 0.410 e. The van der Waals surface area contributed by atoms with Crippen LogP contribution in [-0.4, -0.2) is 30.8 Å². The molecule has 2 heterocycles. The van der Waals surface area contributed by atoms with E-state index in [0.717, 1.165) is 6.17 Å². The van der Waals surface area contributed by atoms with Crippen molar-refractivity contribution in [2.24, 2.45) is 0 Å². The van der Waals surface area contributed by atoms with Gasteiger partial charge in [0.2, 0.25) is 0 Å². The molecule has 0 aromatic heterocycles. The van der Waals surface area contributed by atoms with Crippen LogP contribution in [0.1, 0.15) is 33.6 Å². The molecule has 3 nitrogen and oxygen atoms in total. The van der Waals surface area contributed by atoms with Crippen LogP contribution in [-0.2, 0) is 4.74 Å². The number of amides is 1. The van der Waals surface area contributed by atoms with E-state index in [9.17, 15) is 4.79 Å². The Hall–Kier alpha value is -0.513. The second-order valence-electron chi connectivity index (χ2n) is 6.20. The SMILES string of the molecule is CC(C)(C)OC(=O)N1[CH]C[Si]2(CCCC2)C1. The van der Waals surface area contributed by atoms with Gasteiger partial charge >= 0.3 is 6.09 Å². The normalized spacial score (nSPS) is 24.1. The summed E-state index contributed by atoms with van der Waals surface area (Å²) in [4.78, 5) is 13.7. The number of ether oxygens (including phenoxy) is 1. The number of carbonyl (C=O) groups excluding carboxylic acids is 1. The van der Waals surface area contributed by atoms with Gasteiger partial charge in [0, 0.05) is 6.17 Å². The first kappa shape index (κ1) is 12.0. The van der Waals surface area contributed by atoms with E-state index in [1.807, 2.05) is 25.7 Å². The van der Waals surface area contributed by atoms with Crippen LogP contribution in [0.2, 0.25) is 18.1 Å². The second kappa shape index (κ2) is 4.06. The monoisotopic (exact) mass is 240 g/mol. The summed E-state index contributed by atoms with van der Waals surface area (Å²) < 4.78 is 5.40. The molecule has 91 valence electrons. The molecule has 1 spiro atoms. The van der Waals surface area contributed by atoms with E-state index in [2.05, 4.69) is 6.54 Å². The summed E-state index contributed by atoms with van der Waals surface area (Å²) in [7, 11) is -1.10. The summed E-state index contributed by atoms with van der Waals surface area (Å²) in [6, 6.07) is 4.00. The van der Waals surface area contributed by atoms with Gasteiger partial charge in [-0.1, -0.05) is 24.9 Å². The van der Waals surface area contributed by atoms with Crippen LogP contribution in [0.3, 0.4) is 0 Å². The van der Waals surface area contributed by atoms with E-state index < -0.39 is 8.07 Å². The van der Waals surface area contributed by atoms with E-state index in [0.29, 0.717) is 0 Å². The molecular formula is C12H22NO2Si. The molecule has 2 aliphatic heterocycles. The lowest BCUT2D eigenvalue weighted by Crippen LogP contribution is -2.39. The minimum absolute atomic E-state index is 0.149. The van der Waals surface area contributed by atoms with Crippen molar-refractivity contribution in [1.29, 1.82) is 0 Å². The molecule has 0 N–H and O–H groups in total. The van der Waals surface area contributed by atoms with Gasteiger partial charge in [-0.3, -0.25) is 0 Å². The van der Waals surface area contributed by atoms with Gasteiger partial charge in [0.1, 0.15) is 5.60 Å². The molecule has 0 saturated carbocycles. The fraction of sp³-hybridized carbons (Fsp3) is 0.833. The van der Waals surface area contributed by atoms with E-state index >= 15 is 0 Å². The third-order valence-electron chi connectivity index (χ3n) is 3.54. The quantitative estimate of drug-likeness (QED) is 0.609. The lowest BCUT2D eigenvalue weighted by molar-refractivity contribution is 0.0342. The van der Waals surface area contributed by atoms with Gasteiger partial charge < -0.3 is 9.64 Å². The Morgan fingerprint density at radius 2 is 1.94 bits per heavy atom. The van der Waals surface area contributed by atoms with Crippen LogP contribution < -0.4 is 0 Å². The van der Waals surface area contributed by atoms with Crippen molar-refractivity contribution in [2.75, 3.05) is 6.17 Å². The standard InChI is InChI=1S/C12H22NO2Si/c1-12(2,3)15-11(14)13-6-9-16(10-13)7-4-5-8-16/h6H,4-5,7-10H2,1-3H3. The van der Waals surface area contributed by atoms with Crippen molar-refractivity contribution >= 4 is 14.2 Å². The first-order valence-electron chi connectivity index (χ1n) is 6.23. The molecule has 0 aliphatic carbocycles. The van der Waals surface area contributed by atoms with Crippen molar-refractivity contribution in [1.82, 2.24) is 4.90 Å². The van der Waals surface area contributed by atoms with Crippen LogP contribution in [0.15, 0.2) is 0 Å². The molecular weight excluding hydrogens is 218 g/mol. The van der Waals surface area contributed by atoms with E-state index in [1.165, 1.54) is 31.0 Å². The number of rotatable bonds is 0. The molecule has 0 aromatic carbocycles. The molecule has 4 heteroatoms. The minimum Gasteiger partial charge on any atom is -0.444 e. The van der Waals surface area contributed by atoms with Crippen LogP contribution >= 0.6 is 0 Å². The lowest BCUT2D eigenvalue weighted by Gasteiger charge is -2.25. The van der Waals surface area contributed by atoms with Crippen LogP contribution in [0, 0.1) is 6.54 Å². The molecule has 0 bridgehead atoms. The van der Waals surface area contributed by atoms with Gasteiger partial charge in [-0.15, -0.1) is 0 Å². The minimum atomic E-state index is -1.10. The maximum atomic E-state index is 11.9. The highest BCUT2D eigenvalue weighted by Gasteiger charge is 2.44. The number of carbonyl (C=O) groups is 1. The summed E-state index contributed by atoms with van der Waals surface area (Å²) in [6.45, 7) is 7.85. The first-order chi connectivity index (χ1) is 7.40. The highest BCUT2D eigenvalue weighted by Crippen LogP contribution is 2.39. The molecule has 0 atom stereocenters. The van der Waals surface area contributed by atoms with Crippen molar-refractivity contribution in [3.05, 3.63) is 6.54 Å². The number of nitrogens with zero attached hydrogens (tertiary/aromatic N) is 1. The largest absolute Gasteiger partial charge is 0.444 e. The van der Waals surface area contributed by atoms with E-state index in [1.54, 1.807) is 0 Å². The maximum absolute atomic E-state index is 11.9. The summed E-state index contributed by atoms with van der Waals surface area (Å²) in [5.41, 5.74) is -0.377. The topological polar surface area (TPSA) is 29.5 Å². The smallest absolute Gasteiger partial charge is 0.410 e. The zero-order chi connectivity index (χ0) is 11.8. The van der Waals surface area contributed by atoms with Crippen LogP contribution in [0.25, 0.3) is 0 Å². The molecule has 0 unspecified atom stereocenters. The molecule has 2 fully saturated rings. The summed E-state index contributed by atoms with van der Waals surface area (Å²) in [6.07, 6.45) is 3.61. The molecule has 2 rings (SSSR count). The lowest BCUT2D eigenvalue weighted by atomic mass is 10.2. The second-order valence-corrected chi connectivity index (χ2v) is 10.9.